The average Bonchev–Trinajstić information content (AvgIpc) is 3.62. The van der Waals surface area contributed by atoms with Gasteiger partial charge in [0.25, 0.3) is 5.56 Å². The van der Waals surface area contributed by atoms with E-state index in [-0.39, 0.29) is 41.0 Å². The lowest BCUT2D eigenvalue weighted by Crippen LogP contribution is -2.46. The molecule has 2 fully saturated rings. The number of rotatable bonds is 7. The number of aryl methyl sites for hydroxylation is 1. The zero-order valence-corrected chi connectivity index (χ0v) is 22.0. The smallest absolute Gasteiger partial charge is 0.331 e. The molecule has 1 saturated heterocycles. The van der Waals surface area contributed by atoms with Crippen molar-refractivity contribution < 1.29 is 14.3 Å². The molecular formula is C27H27ClN6O5. The number of halogens is 1. The number of anilines is 2. The number of nitriles is 1. The zero-order chi connectivity index (χ0) is 27.7. The lowest BCUT2D eigenvalue weighted by molar-refractivity contribution is -0.120. The molecule has 3 aromatic rings. The first-order chi connectivity index (χ1) is 18.8. The highest BCUT2D eigenvalue weighted by Crippen LogP contribution is 2.30. The highest BCUT2D eigenvalue weighted by molar-refractivity contribution is 6.32. The van der Waals surface area contributed by atoms with Crippen molar-refractivity contribution in [1.29, 1.82) is 5.26 Å². The van der Waals surface area contributed by atoms with E-state index in [0.717, 1.165) is 12.8 Å². The molecule has 1 saturated carbocycles. The summed E-state index contributed by atoms with van der Waals surface area (Å²) in [5.41, 5.74) is 0.915. The first-order valence-electron chi connectivity index (χ1n) is 12.7. The lowest BCUT2D eigenvalue weighted by atomic mass is 10.0. The molecule has 1 aromatic heterocycles. The normalized spacial score (nSPS) is 18.5. The van der Waals surface area contributed by atoms with E-state index in [1.807, 2.05) is 13.0 Å². The van der Waals surface area contributed by atoms with E-state index in [0.29, 0.717) is 41.3 Å². The van der Waals surface area contributed by atoms with Gasteiger partial charge in [-0.15, -0.1) is 0 Å². The summed E-state index contributed by atoms with van der Waals surface area (Å²) in [7, 11) is 0. The molecule has 1 aliphatic heterocycles. The Kier molecular flexibility index (Phi) is 7.41. The number of aromatic nitrogens is 2. The summed E-state index contributed by atoms with van der Waals surface area (Å²) < 4.78 is 8.32. The van der Waals surface area contributed by atoms with Gasteiger partial charge in [0.05, 0.1) is 46.7 Å². The Balaban J connectivity index is 1.30. The number of hydrogen-bond acceptors (Lipinski definition) is 6. The van der Waals surface area contributed by atoms with Crippen LogP contribution in [0.5, 0.6) is 0 Å². The van der Waals surface area contributed by atoms with E-state index in [4.69, 9.17) is 21.6 Å². The maximum absolute atomic E-state index is 13.2. The number of hydrogen-bond donors (Lipinski definition) is 3. The van der Waals surface area contributed by atoms with Crippen molar-refractivity contribution in [3.8, 4) is 6.07 Å². The monoisotopic (exact) mass is 550 g/mol. The number of carbonyl (C=O) groups is 2. The fraction of sp³-hybridized carbons (Fsp3) is 0.370. The van der Waals surface area contributed by atoms with Crippen LogP contribution in [0.3, 0.4) is 0 Å². The molecule has 0 bridgehead atoms. The minimum Gasteiger partial charge on any atom is -0.378 e. The van der Waals surface area contributed by atoms with Gasteiger partial charge in [0.2, 0.25) is 5.91 Å². The predicted octanol–water partition coefficient (Wildman–Crippen LogP) is 2.89. The molecule has 2 unspecified atom stereocenters. The molecule has 39 heavy (non-hydrogen) atoms. The Morgan fingerprint density at radius 1 is 1.08 bits per heavy atom. The predicted molar refractivity (Wildman–Crippen MR) is 146 cm³/mol. The Bertz CT molecular complexity index is 1620. The first kappa shape index (κ1) is 26.5. The summed E-state index contributed by atoms with van der Waals surface area (Å²) in [6.45, 7) is 2.91. The van der Waals surface area contributed by atoms with Crippen molar-refractivity contribution in [3.05, 3.63) is 67.8 Å². The van der Waals surface area contributed by atoms with Crippen LogP contribution in [0.4, 0.5) is 16.2 Å². The summed E-state index contributed by atoms with van der Waals surface area (Å²) in [5, 5.41) is 17.8. The number of nitrogens with zero attached hydrogens (tertiary/aromatic N) is 3. The molecule has 2 aromatic carbocycles. The molecule has 12 heteroatoms. The SMILES string of the molecule is CCn1c(=O)n(CC2CC2)c(=O)c2cc(NC(=O)C3COCC3NC(=O)Nc3ccc(C#N)c(Cl)c3)ccc21. The third kappa shape index (κ3) is 5.53. The van der Waals surface area contributed by atoms with Gasteiger partial charge in [0.15, 0.2) is 0 Å². The Hall–Kier alpha value is -4.14. The number of ether oxygens (including phenoxy) is 1. The lowest BCUT2D eigenvalue weighted by Gasteiger charge is -2.19. The Labute approximate surface area is 228 Å². The second kappa shape index (κ2) is 10.9. The van der Waals surface area contributed by atoms with Crippen molar-refractivity contribution in [3.63, 3.8) is 0 Å². The van der Waals surface area contributed by atoms with Crippen molar-refractivity contribution in [1.82, 2.24) is 14.5 Å². The van der Waals surface area contributed by atoms with E-state index < -0.39 is 18.0 Å². The van der Waals surface area contributed by atoms with E-state index in [2.05, 4.69) is 16.0 Å². The van der Waals surface area contributed by atoms with Gasteiger partial charge >= 0.3 is 11.7 Å². The van der Waals surface area contributed by atoms with Gasteiger partial charge in [0, 0.05) is 24.5 Å². The number of benzene rings is 2. The van der Waals surface area contributed by atoms with Crippen LogP contribution in [0, 0.1) is 23.2 Å². The summed E-state index contributed by atoms with van der Waals surface area (Å²) in [6, 6.07) is 10.2. The molecule has 0 spiro atoms. The van der Waals surface area contributed by atoms with Crippen LogP contribution in [0.2, 0.25) is 5.02 Å². The van der Waals surface area contributed by atoms with E-state index >= 15 is 0 Å². The third-order valence-electron chi connectivity index (χ3n) is 7.03. The summed E-state index contributed by atoms with van der Waals surface area (Å²) in [6.07, 6.45) is 2.01. The fourth-order valence-corrected chi connectivity index (χ4v) is 4.96. The van der Waals surface area contributed by atoms with Gasteiger partial charge in [-0.2, -0.15) is 5.26 Å². The van der Waals surface area contributed by atoms with Gasteiger partial charge in [-0.25, -0.2) is 9.59 Å². The molecule has 5 rings (SSSR count). The molecule has 2 atom stereocenters. The Morgan fingerprint density at radius 3 is 2.51 bits per heavy atom. The van der Waals surface area contributed by atoms with E-state index in [1.165, 1.54) is 16.7 Å². The van der Waals surface area contributed by atoms with Crippen LogP contribution in [0.1, 0.15) is 25.3 Å². The fourth-order valence-electron chi connectivity index (χ4n) is 4.74. The third-order valence-corrected chi connectivity index (χ3v) is 7.34. The quantitative estimate of drug-likeness (QED) is 0.412. The van der Waals surface area contributed by atoms with Gasteiger partial charge in [-0.05, 0) is 62.1 Å². The molecule has 202 valence electrons. The largest absolute Gasteiger partial charge is 0.378 e. The van der Waals surface area contributed by atoms with Crippen molar-refractivity contribution in [2.75, 3.05) is 23.8 Å². The van der Waals surface area contributed by atoms with Crippen molar-refractivity contribution >= 4 is 45.8 Å². The van der Waals surface area contributed by atoms with Crippen LogP contribution >= 0.6 is 11.6 Å². The molecular weight excluding hydrogens is 524 g/mol. The minimum atomic E-state index is -0.674. The maximum Gasteiger partial charge on any atom is 0.331 e. The van der Waals surface area contributed by atoms with Crippen LogP contribution in [-0.2, 0) is 22.6 Å². The molecule has 11 nitrogen and oxygen atoms in total. The van der Waals surface area contributed by atoms with E-state index in [9.17, 15) is 19.2 Å². The summed E-state index contributed by atoms with van der Waals surface area (Å²) >= 11 is 6.02. The molecule has 3 N–H and O–H groups in total. The van der Waals surface area contributed by atoms with Crippen molar-refractivity contribution in [2.45, 2.75) is 38.9 Å². The topological polar surface area (TPSA) is 147 Å². The van der Waals surface area contributed by atoms with Crippen LogP contribution in [0.25, 0.3) is 10.9 Å². The van der Waals surface area contributed by atoms with Gasteiger partial charge in [-0.1, -0.05) is 11.6 Å². The van der Waals surface area contributed by atoms with Gasteiger partial charge < -0.3 is 20.7 Å². The second-order valence-electron chi connectivity index (χ2n) is 9.76. The Morgan fingerprint density at radius 2 is 1.82 bits per heavy atom. The molecule has 1 aliphatic carbocycles. The average molecular weight is 551 g/mol. The second-order valence-corrected chi connectivity index (χ2v) is 10.2. The minimum absolute atomic E-state index is 0.108. The molecule has 3 amide bonds. The zero-order valence-electron chi connectivity index (χ0n) is 21.2. The highest BCUT2D eigenvalue weighted by atomic mass is 35.5. The van der Waals surface area contributed by atoms with Crippen LogP contribution in [-0.4, -0.2) is 40.3 Å². The molecule has 2 heterocycles. The van der Waals surface area contributed by atoms with Crippen LogP contribution in [0.15, 0.2) is 46.0 Å². The highest BCUT2D eigenvalue weighted by Gasteiger charge is 2.35. The number of fused-ring (bicyclic) bond motifs is 1. The number of amides is 3. The standard InChI is InChI=1S/C27H27ClN6O5/c1-2-33-23-8-7-17(9-19(23)25(36)34(27(33)38)12-15-3-4-15)30-24(35)20-13-39-14-22(20)32-26(37)31-18-6-5-16(11-29)21(28)10-18/h5-10,15,20,22H,2-4,12-14H2,1H3,(H,30,35)(H2,31,32,37). The molecule has 0 radical (unpaired) electrons. The van der Waals surface area contributed by atoms with Gasteiger partial charge in [-0.3, -0.25) is 18.7 Å². The van der Waals surface area contributed by atoms with E-state index in [1.54, 1.807) is 28.8 Å². The summed E-state index contributed by atoms with van der Waals surface area (Å²) in [5.74, 6) is -0.702. The van der Waals surface area contributed by atoms with Crippen molar-refractivity contribution in [2.24, 2.45) is 11.8 Å². The first-order valence-corrected chi connectivity index (χ1v) is 13.1. The van der Waals surface area contributed by atoms with Crippen LogP contribution < -0.4 is 27.2 Å². The number of urea groups is 1. The number of carbonyl (C=O) groups excluding carboxylic acids is 2. The summed E-state index contributed by atoms with van der Waals surface area (Å²) in [4.78, 5) is 51.8. The van der Waals surface area contributed by atoms with Gasteiger partial charge in [0.1, 0.15) is 6.07 Å². The maximum atomic E-state index is 13.2. The number of nitrogens with one attached hydrogen (secondary N) is 3. The molecule has 2 aliphatic rings.